The smallest absolute Gasteiger partial charge is 0.246 e. The van der Waals surface area contributed by atoms with Gasteiger partial charge in [0, 0.05) is 31.1 Å². The second-order valence-electron chi connectivity index (χ2n) is 24.9. The van der Waals surface area contributed by atoms with Gasteiger partial charge in [-0.3, -0.25) is 38.1 Å². The molecule has 6 N–H and O–H groups in total. The van der Waals surface area contributed by atoms with Crippen LogP contribution < -0.4 is 31.9 Å². The number of amides is 6. The van der Waals surface area contributed by atoms with Gasteiger partial charge < -0.3 is 46.4 Å². The van der Waals surface area contributed by atoms with E-state index in [1.54, 1.807) is 37.7 Å². The van der Waals surface area contributed by atoms with Crippen LogP contribution in [0.15, 0.2) is 121 Å². The molecule has 474 valence electrons. The first kappa shape index (κ1) is 64.1. The van der Waals surface area contributed by atoms with Crippen LogP contribution in [0.5, 0.6) is 0 Å². The van der Waals surface area contributed by atoms with E-state index in [0.29, 0.717) is 38.8 Å². The standard InChI is InChI=1S/C68H90N14O7/c1-45(69-3)63(83)71-57-25-13-11-23-55-35-37-59(81(55)67(57)87)65(85)73-61(49-19-7-5-8-20-49)51-31-27-47(28-32-51)17-15-39-79-41-53(75-77-79)43-89-44-54-42-80(78-76-54)40-16-18-48-29-33-52(34-30-48)62(50-21-9-6-10-22-50)74-66(86)60-38-36-56-24-12-14-26-58(68(88)82(56)60)72-64(84)46(2)70-4/h5-10,19-22,27-33,41-42,45-46,52,55-62,69-70H,11-18,23-26,34-40,43-44H2,1-4H3,(H,71,83)(H,72,84)(H,73,85)(H,74,86)/t45-,46-,52?,55-,56-,57-,58-,59-,60-,61-,62-/m0/s1. The normalized spacial score (nSPS) is 23.3. The zero-order valence-corrected chi connectivity index (χ0v) is 52.1. The lowest BCUT2D eigenvalue weighted by atomic mass is 9.85. The minimum atomic E-state index is -0.665. The Hall–Kier alpha value is -7.88. The van der Waals surface area contributed by atoms with E-state index in [0.717, 1.165) is 117 Å². The Bertz CT molecular complexity index is 3240. The Kier molecular flexibility index (Phi) is 22.4. The molecule has 10 rings (SSSR count). The van der Waals surface area contributed by atoms with Crippen molar-refractivity contribution in [2.45, 2.75) is 210 Å². The predicted octanol–water partition coefficient (Wildman–Crippen LogP) is 6.62. The number of rotatable bonds is 26. The monoisotopic (exact) mass is 1210 g/mol. The molecule has 4 saturated heterocycles. The molecule has 1 aliphatic carbocycles. The van der Waals surface area contributed by atoms with Crippen molar-refractivity contribution in [3.63, 3.8) is 0 Å². The second kappa shape index (κ2) is 31.0. The topological polar surface area (TPSA) is 252 Å². The van der Waals surface area contributed by atoms with Gasteiger partial charge >= 0.3 is 0 Å². The summed E-state index contributed by atoms with van der Waals surface area (Å²) in [6.45, 7) is 5.47. The Morgan fingerprint density at radius 2 is 1.08 bits per heavy atom. The van der Waals surface area contributed by atoms with E-state index >= 15 is 0 Å². The summed E-state index contributed by atoms with van der Waals surface area (Å²) >= 11 is 0. The molecule has 0 radical (unpaired) electrons. The van der Waals surface area contributed by atoms with Gasteiger partial charge in [0.15, 0.2) is 0 Å². The summed E-state index contributed by atoms with van der Waals surface area (Å²) in [4.78, 5) is 86.3. The number of nitrogens with zero attached hydrogens (tertiary/aromatic N) is 8. The van der Waals surface area contributed by atoms with Gasteiger partial charge in [0.25, 0.3) is 0 Å². The fourth-order valence-electron chi connectivity index (χ4n) is 13.5. The SMILES string of the molecule is CN[C@@H](C)C(=O)N[C@H]1CCCC[C@H]2CC[C@@H](C(=O)N[C@@H](c3ccccc3)c3ccc(CCCn4cc(COCc5cn(CCCC6=CCC([C@@H](NC(=O)[C@@H]7CC[C@@H]8CCCC[C@H](NC(=O)[C@H](C)NC)C(=O)N87)c7ccccc7)C=C6)nn5)nn4)cc3)N2C1=O. The van der Waals surface area contributed by atoms with Gasteiger partial charge in [-0.15, -0.1) is 10.2 Å². The Labute approximate surface area is 523 Å². The fraction of sp³-hybridized carbons (Fsp3) is 0.529. The molecule has 0 spiro atoms. The van der Waals surface area contributed by atoms with Crippen LogP contribution in [0.4, 0.5) is 0 Å². The fourth-order valence-corrected chi connectivity index (χ4v) is 13.5. The second-order valence-corrected chi connectivity index (χ2v) is 24.9. The first-order valence-electron chi connectivity index (χ1n) is 32.5. The van der Waals surface area contributed by atoms with Crippen molar-refractivity contribution in [2.24, 2.45) is 5.92 Å². The minimum absolute atomic E-state index is 0.0198. The first-order valence-corrected chi connectivity index (χ1v) is 32.5. The molecule has 4 aliphatic heterocycles. The lowest BCUT2D eigenvalue weighted by Crippen LogP contribution is -2.58. The maximum absolute atomic E-state index is 14.3. The molecular weight excluding hydrogens is 1120 g/mol. The van der Waals surface area contributed by atoms with Crippen LogP contribution in [-0.4, -0.2) is 138 Å². The van der Waals surface area contributed by atoms with Crippen LogP contribution >= 0.6 is 0 Å². The molecule has 21 heteroatoms. The van der Waals surface area contributed by atoms with Crippen LogP contribution in [0.3, 0.4) is 0 Å². The average molecular weight is 1220 g/mol. The highest BCUT2D eigenvalue weighted by Gasteiger charge is 2.46. The summed E-state index contributed by atoms with van der Waals surface area (Å²) in [5.41, 5.74) is 6.74. The molecule has 5 aliphatic rings. The molecule has 0 saturated carbocycles. The maximum Gasteiger partial charge on any atom is 0.246 e. The molecule has 5 aromatic rings. The Morgan fingerprint density at radius 3 is 1.60 bits per heavy atom. The Morgan fingerprint density at radius 1 is 0.584 bits per heavy atom. The highest BCUT2D eigenvalue weighted by molar-refractivity contribution is 5.95. The molecule has 11 atom stereocenters. The zero-order chi connectivity index (χ0) is 62.2. The molecule has 89 heavy (non-hydrogen) atoms. The minimum Gasteiger partial charge on any atom is -0.369 e. The lowest BCUT2D eigenvalue weighted by Gasteiger charge is -2.36. The van der Waals surface area contributed by atoms with Crippen molar-refractivity contribution in [1.82, 2.24) is 71.7 Å². The van der Waals surface area contributed by atoms with Crippen LogP contribution in [-0.2, 0) is 66.2 Å². The highest BCUT2D eigenvalue weighted by Crippen LogP contribution is 2.36. The van der Waals surface area contributed by atoms with Crippen molar-refractivity contribution < 1.29 is 33.5 Å². The first-order chi connectivity index (χ1) is 43.3. The number of benzene rings is 3. The van der Waals surface area contributed by atoms with Crippen molar-refractivity contribution in [3.8, 4) is 0 Å². The third-order valence-corrected chi connectivity index (χ3v) is 18.8. The summed E-state index contributed by atoms with van der Waals surface area (Å²) in [7, 11) is 3.44. The van der Waals surface area contributed by atoms with Crippen LogP contribution in [0.1, 0.15) is 162 Å². The van der Waals surface area contributed by atoms with E-state index in [1.165, 1.54) is 5.57 Å². The molecule has 1 unspecified atom stereocenters. The number of nitrogens with one attached hydrogen (secondary N) is 6. The van der Waals surface area contributed by atoms with Gasteiger partial charge in [-0.05, 0) is 134 Å². The third kappa shape index (κ3) is 16.5. The number of ether oxygens (including phenoxy) is 1. The van der Waals surface area contributed by atoms with Crippen LogP contribution in [0.25, 0.3) is 0 Å². The number of fused-ring (bicyclic) bond motifs is 2. The molecule has 3 aromatic carbocycles. The third-order valence-electron chi connectivity index (χ3n) is 18.8. The number of carbonyl (C=O) groups is 6. The number of likely N-dealkylation sites (N-methyl/N-ethyl adjacent to an activating group) is 2. The number of hydrogen-bond acceptors (Lipinski definition) is 13. The van der Waals surface area contributed by atoms with E-state index in [-0.39, 0.29) is 72.7 Å². The van der Waals surface area contributed by atoms with Gasteiger partial charge in [-0.2, -0.15) is 0 Å². The van der Waals surface area contributed by atoms with Gasteiger partial charge in [0.05, 0.1) is 49.8 Å². The van der Waals surface area contributed by atoms with E-state index in [2.05, 4.69) is 107 Å². The van der Waals surface area contributed by atoms with E-state index in [4.69, 9.17) is 4.74 Å². The highest BCUT2D eigenvalue weighted by atomic mass is 16.5. The van der Waals surface area contributed by atoms with E-state index < -0.39 is 42.3 Å². The molecule has 0 bridgehead atoms. The number of aryl methyl sites for hydroxylation is 3. The number of carbonyl (C=O) groups excluding carboxylic acids is 6. The summed E-state index contributed by atoms with van der Waals surface area (Å²) in [5.74, 6) is -1.09. The van der Waals surface area contributed by atoms with Crippen molar-refractivity contribution in [2.75, 3.05) is 14.1 Å². The summed E-state index contributed by atoms with van der Waals surface area (Å²) < 4.78 is 9.68. The molecule has 4 fully saturated rings. The maximum atomic E-state index is 14.3. The number of aromatic nitrogens is 6. The van der Waals surface area contributed by atoms with Crippen molar-refractivity contribution >= 4 is 35.4 Å². The van der Waals surface area contributed by atoms with Gasteiger partial charge in [-0.25, -0.2) is 0 Å². The zero-order valence-electron chi connectivity index (χ0n) is 52.1. The molecule has 2 aromatic heterocycles. The van der Waals surface area contributed by atoms with Gasteiger partial charge in [0.1, 0.15) is 35.6 Å². The predicted molar refractivity (Wildman–Crippen MR) is 337 cm³/mol. The van der Waals surface area contributed by atoms with E-state index in [1.807, 2.05) is 70.3 Å². The van der Waals surface area contributed by atoms with Crippen LogP contribution in [0.2, 0.25) is 0 Å². The molecular formula is C68H90N14O7. The van der Waals surface area contributed by atoms with E-state index in [9.17, 15) is 28.8 Å². The average Bonchev–Trinajstić information content (AvgIpc) is 4.45. The quantitative estimate of drug-likeness (QED) is 0.0341. The van der Waals surface area contributed by atoms with Gasteiger partial charge in [0.2, 0.25) is 35.4 Å². The molecule has 6 heterocycles. The number of allylic oxidation sites excluding steroid dienone is 3. The molecule has 21 nitrogen and oxygen atoms in total. The largest absolute Gasteiger partial charge is 0.369 e. The summed E-state index contributed by atoms with van der Waals surface area (Å²) in [6.07, 6.45) is 23.7. The lowest BCUT2D eigenvalue weighted by molar-refractivity contribution is -0.144. The van der Waals surface area contributed by atoms with Crippen LogP contribution in [0, 0.1) is 5.92 Å². The van der Waals surface area contributed by atoms with Gasteiger partial charge in [-0.1, -0.05) is 145 Å². The summed E-state index contributed by atoms with van der Waals surface area (Å²) in [6, 6.07) is 24.2. The molecule has 6 amide bonds. The van der Waals surface area contributed by atoms with Crippen molar-refractivity contribution in [1.29, 1.82) is 0 Å². The summed E-state index contributed by atoms with van der Waals surface area (Å²) in [5, 5.41) is 36.0. The number of hydrogen-bond donors (Lipinski definition) is 6. The van der Waals surface area contributed by atoms with Crippen molar-refractivity contribution in [3.05, 3.63) is 155 Å². The Balaban J connectivity index is 0.651.